The van der Waals surface area contributed by atoms with Crippen LogP contribution in [0, 0.1) is 17.8 Å². The van der Waals surface area contributed by atoms with E-state index in [1.165, 1.54) is 18.2 Å². The van der Waals surface area contributed by atoms with Gasteiger partial charge in [-0.15, -0.1) is 0 Å². The first kappa shape index (κ1) is 21.1. The largest absolute Gasteiger partial charge is 0.349 e. The van der Waals surface area contributed by atoms with Crippen molar-refractivity contribution in [3.05, 3.63) is 35.4 Å². The second-order valence-corrected chi connectivity index (χ2v) is 9.10. The molecule has 7 heteroatoms. The fraction of sp³-hybridized carbons (Fsp3) is 0.609. The lowest BCUT2D eigenvalue weighted by Gasteiger charge is -2.32. The maximum atomic E-state index is 13.4. The Morgan fingerprint density at radius 3 is 2.47 bits per heavy atom. The van der Waals surface area contributed by atoms with E-state index < -0.39 is 5.92 Å². The summed E-state index contributed by atoms with van der Waals surface area (Å²) in [5, 5.41) is 2.74. The molecular formula is C23H28F2N2O3. The third-order valence-electron chi connectivity index (χ3n) is 6.85. The molecule has 2 aliphatic carbocycles. The minimum Gasteiger partial charge on any atom is -0.349 e. The van der Waals surface area contributed by atoms with Gasteiger partial charge in [0.1, 0.15) is 5.78 Å². The van der Waals surface area contributed by atoms with Crippen LogP contribution in [-0.4, -0.2) is 48.0 Å². The average molecular weight is 418 g/mol. The van der Waals surface area contributed by atoms with Crippen LogP contribution in [0.4, 0.5) is 8.78 Å². The lowest BCUT2D eigenvalue weighted by molar-refractivity contribution is -0.126. The molecule has 2 saturated carbocycles. The standard InChI is InChI=1S/C23H28F2N2O3/c1-23(24,25)15-4-2-3-14(9-15)10-18(29)11-26-22(30)21-19-12-27(13-20(19)21)16-5-7-17(28)8-6-16/h2-4,9,16,19-21H,5-8,10-13H2,1H3,(H,26,30)/t19-,20+,21?. The zero-order valence-electron chi connectivity index (χ0n) is 17.2. The molecule has 1 aromatic rings. The van der Waals surface area contributed by atoms with E-state index in [4.69, 9.17) is 0 Å². The minimum atomic E-state index is -2.95. The molecular weight excluding hydrogens is 390 g/mol. The number of carbonyl (C=O) groups is 3. The van der Waals surface area contributed by atoms with Gasteiger partial charge in [0.25, 0.3) is 5.92 Å². The molecule has 1 aliphatic heterocycles. The number of carbonyl (C=O) groups excluding carboxylic acids is 3. The molecule has 30 heavy (non-hydrogen) atoms. The molecule has 1 saturated heterocycles. The fourth-order valence-electron chi connectivity index (χ4n) is 5.08. The number of halogens is 2. The highest BCUT2D eigenvalue weighted by atomic mass is 19.3. The number of benzene rings is 1. The van der Waals surface area contributed by atoms with Gasteiger partial charge >= 0.3 is 0 Å². The van der Waals surface area contributed by atoms with Gasteiger partial charge in [-0.3, -0.25) is 19.3 Å². The summed E-state index contributed by atoms with van der Waals surface area (Å²) < 4.78 is 26.9. The maximum absolute atomic E-state index is 13.4. The van der Waals surface area contributed by atoms with Crippen molar-refractivity contribution in [3.8, 4) is 0 Å². The van der Waals surface area contributed by atoms with Crippen LogP contribution in [-0.2, 0) is 26.7 Å². The molecule has 162 valence electrons. The Bertz CT molecular complexity index is 829. The number of hydrogen-bond donors (Lipinski definition) is 1. The first-order valence-electron chi connectivity index (χ1n) is 10.7. The third kappa shape index (κ3) is 4.61. The Morgan fingerprint density at radius 2 is 1.83 bits per heavy atom. The molecule has 4 rings (SSSR count). The van der Waals surface area contributed by atoms with Gasteiger partial charge in [0, 0.05) is 56.8 Å². The van der Waals surface area contributed by atoms with Crippen LogP contribution in [0.25, 0.3) is 0 Å². The van der Waals surface area contributed by atoms with Crippen LogP contribution < -0.4 is 5.32 Å². The van der Waals surface area contributed by atoms with E-state index in [1.807, 2.05) is 0 Å². The highest BCUT2D eigenvalue weighted by Crippen LogP contribution is 2.52. The van der Waals surface area contributed by atoms with Gasteiger partial charge in [-0.25, -0.2) is 8.78 Å². The van der Waals surface area contributed by atoms with E-state index in [0.717, 1.165) is 32.9 Å². The van der Waals surface area contributed by atoms with Crippen LogP contribution in [0.1, 0.15) is 43.7 Å². The van der Waals surface area contributed by atoms with Crippen LogP contribution in [0.5, 0.6) is 0 Å². The van der Waals surface area contributed by atoms with Crippen molar-refractivity contribution in [2.45, 2.75) is 51.0 Å². The Kier molecular flexibility index (Phi) is 5.75. The Balaban J connectivity index is 1.20. The van der Waals surface area contributed by atoms with E-state index in [2.05, 4.69) is 10.2 Å². The van der Waals surface area contributed by atoms with Crippen molar-refractivity contribution >= 4 is 17.5 Å². The number of alkyl halides is 2. The first-order valence-corrected chi connectivity index (χ1v) is 10.7. The molecule has 5 nitrogen and oxygen atoms in total. The number of Topliss-reactive ketones (excluding diaryl/α,β-unsaturated/α-hetero) is 2. The molecule has 1 unspecified atom stereocenters. The van der Waals surface area contributed by atoms with Gasteiger partial charge in [0.15, 0.2) is 5.78 Å². The summed E-state index contributed by atoms with van der Waals surface area (Å²) in [7, 11) is 0. The van der Waals surface area contributed by atoms with Crippen LogP contribution in [0.2, 0.25) is 0 Å². The number of likely N-dealkylation sites (tertiary alicyclic amines) is 1. The average Bonchev–Trinajstić information content (AvgIpc) is 3.20. The monoisotopic (exact) mass is 418 g/mol. The Hall–Kier alpha value is -2.15. The lowest BCUT2D eigenvalue weighted by Crippen LogP contribution is -2.40. The summed E-state index contributed by atoms with van der Waals surface area (Å²) in [5.74, 6) is -2.20. The van der Waals surface area contributed by atoms with Crippen molar-refractivity contribution in [1.82, 2.24) is 10.2 Å². The van der Waals surface area contributed by atoms with Crippen LogP contribution >= 0.6 is 0 Å². The maximum Gasteiger partial charge on any atom is 0.270 e. The minimum absolute atomic E-state index is 0.0237. The highest BCUT2D eigenvalue weighted by Gasteiger charge is 2.59. The molecule has 3 fully saturated rings. The lowest BCUT2D eigenvalue weighted by atomic mass is 9.93. The topological polar surface area (TPSA) is 66.5 Å². The van der Waals surface area contributed by atoms with E-state index >= 15 is 0 Å². The molecule has 1 amide bonds. The molecule has 0 spiro atoms. The number of amides is 1. The highest BCUT2D eigenvalue weighted by molar-refractivity contribution is 5.89. The number of rotatable bonds is 7. The molecule has 1 aromatic carbocycles. The van der Waals surface area contributed by atoms with Crippen LogP contribution in [0.15, 0.2) is 24.3 Å². The summed E-state index contributed by atoms with van der Waals surface area (Å²) in [5.41, 5.74) is 0.410. The van der Waals surface area contributed by atoms with Crippen molar-refractivity contribution in [2.75, 3.05) is 19.6 Å². The molecule has 3 atom stereocenters. The summed E-state index contributed by atoms with van der Waals surface area (Å²) in [6.45, 7) is 2.55. The summed E-state index contributed by atoms with van der Waals surface area (Å²) in [6, 6.07) is 6.32. The van der Waals surface area contributed by atoms with Crippen molar-refractivity contribution in [1.29, 1.82) is 0 Å². The van der Waals surface area contributed by atoms with Gasteiger partial charge in [0.2, 0.25) is 5.91 Å². The molecule has 1 N–H and O–H groups in total. The quantitative estimate of drug-likeness (QED) is 0.740. The van der Waals surface area contributed by atoms with Gasteiger partial charge < -0.3 is 5.32 Å². The van der Waals surface area contributed by atoms with Crippen molar-refractivity contribution in [3.63, 3.8) is 0 Å². The van der Waals surface area contributed by atoms with Gasteiger partial charge in [-0.1, -0.05) is 18.2 Å². The molecule has 0 bridgehead atoms. The van der Waals surface area contributed by atoms with E-state index in [-0.39, 0.29) is 36.1 Å². The normalized spacial score (nSPS) is 27.0. The van der Waals surface area contributed by atoms with Gasteiger partial charge in [-0.2, -0.15) is 0 Å². The van der Waals surface area contributed by atoms with E-state index in [1.54, 1.807) is 6.07 Å². The zero-order chi connectivity index (χ0) is 21.5. The summed E-state index contributed by atoms with van der Waals surface area (Å²) in [4.78, 5) is 38.5. The summed E-state index contributed by atoms with van der Waals surface area (Å²) in [6.07, 6.45) is 3.21. The summed E-state index contributed by atoms with van der Waals surface area (Å²) >= 11 is 0. The molecule has 3 aliphatic rings. The molecule has 0 aromatic heterocycles. The van der Waals surface area contributed by atoms with Gasteiger partial charge in [-0.05, 0) is 36.3 Å². The Labute approximate surface area is 175 Å². The fourth-order valence-corrected chi connectivity index (χ4v) is 5.08. The van der Waals surface area contributed by atoms with Crippen LogP contribution in [0.3, 0.4) is 0 Å². The Morgan fingerprint density at radius 1 is 1.17 bits per heavy atom. The second-order valence-electron chi connectivity index (χ2n) is 9.10. The number of nitrogens with zero attached hydrogens (tertiary/aromatic N) is 1. The predicted octanol–water partition coefficient (Wildman–Crippen LogP) is 2.72. The number of piperidine rings is 1. The van der Waals surface area contributed by atoms with E-state index in [0.29, 0.717) is 42.1 Å². The number of fused-ring (bicyclic) bond motifs is 1. The predicted molar refractivity (Wildman–Crippen MR) is 107 cm³/mol. The van der Waals surface area contributed by atoms with Crippen molar-refractivity contribution in [2.24, 2.45) is 17.8 Å². The van der Waals surface area contributed by atoms with E-state index in [9.17, 15) is 23.2 Å². The smallest absolute Gasteiger partial charge is 0.270 e. The molecule has 1 heterocycles. The number of hydrogen-bond acceptors (Lipinski definition) is 4. The zero-order valence-corrected chi connectivity index (χ0v) is 17.2. The van der Waals surface area contributed by atoms with Crippen molar-refractivity contribution < 1.29 is 23.2 Å². The first-order chi connectivity index (χ1) is 14.2. The number of ketones is 2. The third-order valence-corrected chi connectivity index (χ3v) is 6.85. The molecule has 0 radical (unpaired) electrons. The van der Waals surface area contributed by atoms with Gasteiger partial charge in [0.05, 0.1) is 6.54 Å². The second kappa shape index (κ2) is 8.17. The SMILES string of the molecule is CC(F)(F)c1cccc(CC(=O)CNC(=O)C2[C@H]3CN(C4CCC(=O)CC4)C[C@@H]23)c1. The number of nitrogens with one attached hydrogen (secondary N) is 1.